The minimum absolute atomic E-state index is 0.170. The summed E-state index contributed by atoms with van der Waals surface area (Å²) in [6.07, 6.45) is 2.35. The average Bonchev–Trinajstić information content (AvgIpc) is 2.41. The van der Waals surface area contributed by atoms with Crippen LogP contribution in [0.15, 0.2) is 36.5 Å². The standard InChI is InChI=1S/C15H17N3O/c1-3-11-6-4-5-10(2)14(11)18-15(19)12-7-8-13(16)17-9-12/h4-9H,3H2,1-2H3,(H2,16,17)(H,18,19). The molecule has 0 bridgehead atoms. The van der Waals surface area contributed by atoms with E-state index in [1.165, 1.54) is 6.20 Å². The van der Waals surface area contributed by atoms with Crippen molar-refractivity contribution >= 4 is 17.4 Å². The molecule has 2 rings (SSSR count). The van der Waals surface area contributed by atoms with E-state index in [1.54, 1.807) is 12.1 Å². The van der Waals surface area contributed by atoms with Crippen molar-refractivity contribution in [3.05, 3.63) is 53.2 Å². The Morgan fingerprint density at radius 1 is 1.32 bits per heavy atom. The first-order valence-corrected chi connectivity index (χ1v) is 6.23. The van der Waals surface area contributed by atoms with Gasteiger partial charge in [-0.05, 0) is 36.6 Å². The number of hydrogen-bond acceptors (Lipinski definition) is 3. The first kappa shape index (κ1) is 13.1. The Hall–Kier alpha value is -2.36. The van der Waals surface area contributed by atoms with Crippen molar-refractivity contribution < 1.29 is 4.79 Å². The molecule has 0 saturated carbocycles. The Morgan fingerprint density at radius 2 is 2.11 bits per heavy atom. The molecule has 0 aliphatic heterocycles. The molecule has 0 atom stereocenters. The van der Waals surface area contributed by atoms with Crippen LogP contribution in [0.3, 0.4) is 0 Å². The summed E-state index contributed by atoms with van der Waals surface area (Å²) in [6.45, 7) is 4.05. The summed E-state index contributed by atoms with van der Waals surface area (Å²) in [4.78, 5) is 16.1. The topological polar surface area (TPSA) is 68.0 Å². The molecule has 98 valence electrons. The van der Waals surface area contributed by atoms with Gasteiger partial charge in [0.15, 0.2) is 0 Å². The molecule has 2 aromatic rings. The molecule has 1 amide bonds. The summed E-state index contributed by atoms with van der Waals surface area (Å²) in [7, 11) is 0. The van der Waals surface area contributed by atoms with Gasteiger partial charge in [0.25, 0.3) is 5.91 Å². The predicted octanol–water partition coefficient (Wildman–Crippen LogP) is 2.79. The third-order valence-corrected chi connectivity index (χ3v) is 3.03. The monoisotopic (exact) mass is 255 g/mol. The SMILES string of the molecule is CCc1cccc(C)c1NC(=O)c1ccc(N)nc1. The van der Waals surface area contributed by atoms with Crippen LogP contribution in [-0.2, 0) is 6.42 Å². The lowest BCUT2D eigenvalue weighted by molar-refractivity contribution is 0.102. The number of nitrogens with zero attached hydrogens (tertiary/aromatic N) is 1. The molecule has 1 aromatic heterocycles. The number of para-hydroxylation sites is 1. The molecule has 1 heterocycles. The number of carbonyl (C=O) groups is 1. The smallest absolute Gasteiger partial charge is 0.257 e. The Labute approximate surface area is 112 Å². The van der Waals surface area contributed by atoms with Gasteiger partial charge in [-0.2, -0.15) is 0 Å². The number of amides is 1. The van der Waals surface area contributed by atoms with E-state index >= 15 is 0 Å². The zero-order valence-electron chi connectivity index (χ0n) is 11.1. The minimum atomic E-state index is -0.170. The first-order chi connectivity index (χ1) is 9.11. The minimum Gasteiger partial charge on any atom is -0.384 e. The summed E-state index contributed by atoms with van der Waals surface area (Å²) < 4.78 is 0. The van der Waals surface area contributed by atoms with Gasteiger partial charge in [0.2, 0.25) is 0 Å². The summed E-state index contributed by atoms with van der Waals surface area (Å²) in [5.41, 5.74) is 9.06. The highest BCUT2D eigenvalue weighted by molar-refractivity contribution is 6.04. The number of rotatable bonds is 3. The third kappa shape index (κ3) is 2.91. The van der Waals surface area contributed by atoms with Gasteiger partial charge in [0.1, 0.15) is 5.82 Å². The van der Waals surface area contributed by atoms with Crippen LogP contribution in [0.2, 0.25) is 0 Å². The van der Waals surface area contributed by atoms with Crippen molar-refractivity contribution in [1.82, 2.24) is 4.98 Å². The lowest BCUT2D eigenvalue weighted by Crippen LogP contribution is -2.14. The lowest BCUT2D eigenvalue weighted by Gasteiger charge is -2.12. The second-order valence-electron chi connectivity index (χ2n) is 4.39. The Morgan fingerprint density at radius 3 is 2.74 bits per heavy atom. The largest absolute Gasteiger partial charge is 0.384 e. The molecule has 0 fully saturated rings. The third-order valence-electron chi connectivity index (χ3n) is 3.03. The van der Waals surface area contributed by atoms with Gasteiger partial charge in [0, 0.05) is 11.9 Å². The zero-order chi connectivity index (χ0) is 13.8. The van der Waals surface area contributed by atoms with Crippen LogP contribution in [0.1, 0.15) is 28.4 Å². The number of pyridine rings is 1. The maximum Gasteiger partial charge on any atom is 0.257 e. The second-order valence-corrected chi connectivity index (χ2v) is 4.39. The number of nitrogens with two attached hydrogens (primary N) is 1. The van der Waals surface area contributed by atoms with E-state index < -0.39 is 0 Å². The fourth-order valence-electron chi connectivity index (χ4n) is 1.93. The van der Waals surface area contributed by atoms with E-state index in [0.29, 0.717) is 11.4 Å². The molecule has 0 aliphatic rings. The van der Waals surface area contributed by atoms with Gasteiger partial charge < -0.3 is 11.1 Å². The maximum atomic E-state index is 12.2. The molecule has 4 heteroatoms. The van der Waals surface area contributed by atoms with E-state index in [9.17, 15) is 4.79 Å². The van der Waals surface area contributed by atoms with E-state index in [2.05, 4.69) is 17.2 Å². The van der Waals surface area contributed by atoms with E-state index in [1.807, 2.05) is 25.1 Å². The van der Waals surface area contributed by atoms with Crippen molar-refractivity contribution in [2.24, 2.45) is 0 Å². The van der Waals surface area contributed by atoms with Gasteiger partial charge in [-0.15, -0.1) is 0 Å². The fourth-order valence-corrected chi connectivity index (χ4v) is 1.93. The van der Waals surface area contributed by atoms with E-state index in [-0.39, 0.29) is 5.91 Å². The molecule has 19 heavy (non-hydrogen) atoms. The van der Waals surface area contributed by atoms with Gasteiger partial charge in [0.05, 0.1) is 5.56 Å². The Kier molecular flexibility index (Phi) is 3.80. The number of aromatic nitrogens is 1. The molecule has 0 aliphatic carbocycles. The van der Waals surface area contributed by atoms with Crippen LogP contribution in [0.5, 0.6) is 0 Å². The summed E-state index contributed by atoms with van der Waals surface area (Å²) in [6, 6.07) is 9.28. The van der Waals surface area contributed by atoms with Gasteiger partial charge in [-0.3, -0.25) is 4.79 Å². The highest BCUT2D eigenvalue weighted by Crippen LogP contribution is 2.21. The molecular formula is C15H17N3O. The van der Waals surface area contributed by atoms with Crippen LogP contribution < -0.4 is 11.1 Å². The predicted molar refractivity (Wildman–Crippen MR) is 77.2 cm³/mol. The van der Waals surface area contributed by atoms with Crippen LogP contribution >= 0.6 is 0 Å². The second kappa shape index (κ2) is 5.52. The summed E-state index contributed by atoms with van der Waals surface area (Å²) in [5, 5.41) is 2.95. The van der Waals surface area contributed by atoms with Gasteiger partial charge in [-0.25, -0.2) is 4.98 Å². The van der Waals surface area contributed by atoms with Crippen molar-refractivity contribution in [2.45, 2.75) is 20.3 Å². The van der Waals surface area contributed by atoms with E-state index in [4.69, 9.17) is 5.73 Å². The normalized spacial score (nSPS) is 10.2. The lowest BCUT2D eigenvalue weighted by atomic mass is 10.1. The number of aryl methyl sites for hydroxylation is 2. The molecule has 0 saturated heterocycles. The number of benzene rings is 1. The number of anilines is 2. The highest BCUT2D eigenvalue weighted by atomic mass is 16.1. The Balaban J connectivity index is 2.26. The molecule has 3 N–H and O–H groups in total. The molecular weight excluding hydrogens is 238 g/mol. The highest BCUT2D eigenvalue weighted by Gasteiger charge is 2.10. The molecule has 1 aromatic carbocycles. The summed E-state index contributed by atoms with van der Waals surface area (Å²) in [5.74, 6) is 0.234. The molecule has 0 spiro atoms. The van der Waals surface area contributed by atoms with Crippen molar-refractivity contribution in [3.8, 4) is 0 Å². The fraction of sp³-hybridized carbons (Fsp3) is 0.200. The number of nitrogens with one attached hydrogen (secondary N) is 1. The Bertz CT molecular complexity index is 591. The summed E-state index contributed by atoms with van der Waals surface area (Å²) >= 11 is 0. The zero-order valence-corrected chi connectivity index (χ0v) is 11.1. The van der Waals surface area contributed by atoms with Crippen LogP contribution in [0.4, 0.5) is 11.5 Å². The van der Waals surface area contributed by atoms with Gasteiger partial charge >= 0.3 is 0 Å². The average molecular weight is 255 g/mol. The maximum absolute atomic E-state index is 12.2. The van der Waals surface area contributed by atoms with Crippen molar-refractivity contribution in [1.29, 1.82) is 0 Å². The van der Waals surface area contributed by atoms with Crippen molar-refractivity contribution in [3.63, 3.8) is 0 Å². The van der Waals surface area contributed by atoms with Crippen LogP contribution in [0, 0.1) is 6.92 Å². The van der Waals surface area contributed by atoms with E-state index in [0.717, 1.165) is 23.2 Å². The van der Waals surface area contributed by atoms with Crippen LogP contribution in [-0.4, -0.2) is 10.9 Å². The van der Waals surface area contributed by atoms with Gasteiger partial charge in [-0.1, -0.05) is 25.1 Å². The molecule has 0 unspecified atom stereocenters. The first-order valence-electron chi connectivity index (χ1n) is 6.23. The van der Waals surface area contributed by atoms with Crippen LogP contribution in [0.25, 0.3) is 0 Å². The quantitative estimate of drug-likeness (QED) is 0.886. The number of carbonyl (C=O) groups excluding carboxylic acids is 1. The number of nitrogen functional groups attached to an aromatic ring is 1. The number of hydrogen-bond donors (Lipinski definition) is 2. The van der Waals surface area contributed by atoms with Crippen molar-refractivity contribution in [2.75, 3.05) is 11.1 Å². The molecule has 4 nitrogen and oxygen atoms in total. The molecule has 0 radical (unpaired) electrons.